The molecule has 0 saturated carbocycles. The number of benzene rings is 1. The fourth-order valence-electron chi connectivity index (χ4n) is 1.80. The molecule has 1 N–H and O–H groups in total. The fourth-order valence-corrected chi connectivity index (χ4v) is 2.06. The minimum absolute atomic E-state index is 0.000100. The zero-order valence-electron chi connectivity index (χ0n) is 12.7. The van der Waals surface area contributed by atoms with Crippen molar-refractivity contribution in [3.8, 4) is 0 Å². The Kier molecular flexibility index (Phi) is 7.39. The number of halogens is 1. The second-order valence-corrected chi connectivity index (χ2v) is 5.97. The van der Waals surface area contributed by atoms with Crippen molar-refractivity contribution >= 4 is 33.4 Å². The summed E-state index contributed by atoms with van der Waals surface area (Å²) in [5.41, 5.74) is 0.749. The highest BCUT2D eigenvalue weighted by atomic mass is 79.9. The lowest BCUT2D eigenvalue weighted by molar-refractivity contribution is -0.130. The van der Waals surface area contributed by atoms with Crippen LogP contribution in [0.2, 0.25) is 0 Å². The lowest BCUT2D eigenvalue weighted by Crippen LogP contribution is -2.41. The average Bonchev–Trinajstić information content (AvgIpc) is 2.41. The van der Waals surface area contributed by atoms with E-state index in [9.17, 15) is 9.59 Å². The Morgan fingerprint density at radius 3 is 2.29 bits per heavy atom. The molecule has 0 atom stereocenters. The number of hydrogen-bond acceptors (Lipinski definition) is 3. The maximum Gasteiger partial charge on any atom is 0.238 e. The standard InChI is InChI=1S/C15H22BrN3O2/c1-4-9-19(11-15(21)18(2)3)10-14(20)17-13-7-5-12(16)6-8-13/h5-8H,4,9-11H2,1-3H3,(H,17,20). The van der Waals surface area contributed by atoms with E-state index in [2.05, 4.69) is 21.2 Å². The van der Waals surface area contributed by atoms with Gasteiger partial charge in [0, 0.05) is 24.3 Å². The number of likely N-dealkylation sites (N-methyl/N-ethyl adjacent to an activating group) is 1. The molecule has 0 aromatic heterocycles. The molecule has 0 fully saturated rings. The number of carbonyl (C=O) groups is 2. The monoisotopic (exact) mass is 355 g/mol. The molecule has 0 heterocycles. The summed E-state index contributed by atoms with van der Waals surface area (Å²) in [6.07, 6.45) is 0.895. The molecule has 0 bridgehead atoms. The second kappa shape index (κ2) is 8.79. The Morgan fingerprint density at radius 2 is 1.76 bits per heavy atom. The van der Waals surface area contributed by atoms with Crippen LogP contribution in [0.5, 0.6) is 0 Å². The van der Waals surface area contributed by atoms with Crippen molar-refractivity contribution in [2.45, 2.75) is 13.3 Å². The van der Waals surface area contributed by atoms with E-state index in [0.717, 1.165) is 16.6 Å². The quantitative estimate of drug-likeness (QED) is 0.815. The van der Waals surface area contributed by atoms with Crippen LogP contribution in [-0.4, -0.2) is 55.3 Å². The number of nitrogens with zero attached hydrogens (tertiary/aromatic N) is 2. The van der Waals surface area contributed by atoms with Crippen molar-refractivity contribution in [1.82, 2.24) is 9.80 Å². The normalized spacial score (nSPS) is 10.5. The van der Waals surface area contributed by atoms with Gasteiger partial charge in [0.2, 0.25) is 11.8 Å². The van der Waals surface area contributed by atoms with Gasteiger partial charge in [0.25, 0.3) is 0 Å². The Labute approximate surface area is 134 Å². The highest BCUT2D eigenvalue weighted by Crippen LogP contribution is 2.14. The topological polar surface area (TPSA) is 52.7 Å². The number of rotatable bonds is 7. The molecule has 1 aromatic carbocycles. The predicted octanol–water partition coefficient (Wildman–Crippen LogP) is 2.19. The maximum atomic E-state index is 12.0. The van der Waals surface area contributed by atoms with Crippen LogP contribution in [0.4, 0.5) is 5.69 Å². The van der Waals surface area contributed by atoms with Crippen molar-refractivity contribution in [2.75, 3.05) is 39.0 Å². The Bertz CT molecular complexity index is 474. The lowest BCUT2D eigenvalue weighted by Gasteiger charge is -2.22. The van der Waals surface area contributed by atoms with Crippen LogP contribution in [-0.2, 0) is 9.59 Å². The molecule has 6 heteroatoms. The summed E-state index contributed by atoms with van der Waals surface area (Å²) in [5, 5.41) is 2.83. The van der Waals surface area contributed by atoms with Gasteiger partial charge in [0.1, 0.15) is 0 Å². The van der Waals surface area contributed by atoms with Crippen LogP contribution >= 0.6 is 15.9 Å². The molecule has 0 spiro atoms. The highest BCUT2D eigenvalue weighted by molar-refractivity contribution is 9.10. The van der Waals surface area contributed by atoms with Gasteiger partial charge in [-0.2, -0.15) is 0 Å². The van der Waals surface area contributed by atoms with E-state index in [1.165, 1.54) is 4.90 Å². The lowest BCUT2D eigenvalue weighted by atomic mass is 10.3. The van der Waals surface area contributed by atoms with Gasteiger partial charge in [-0.1, -0.05) is 22.9 Å². The molecule has 116 valence electrons. The molecule has 1 aromatic rings. The molecule has 0 aliphatic heterocycles. The summed E-state index contributed by atoms with van der Waals surface area (Å²) in [7, 11) is 3.43. The van der Waals surface area contributed by atoms with E-state index in [1.807, 2.05) is 36.1 Å². The minimum Gasteiger partial charge on any atom is -0.348 e. The van der Waals surface area contributed by atoms with Crippen molar-refractivity contribution < 1.29 is 9.59 Å². The fraction of sp³-hybridized carbons (Fsp3) is 0.467. The van der Waals surface area contributed by atoms with Crippen LogP contribution < -0.4 is 5.32 Å². The van der Waals surface area contributed by atoms with Gasteiger partial charge in [-0.05, 0) is 37.2 Å². The molecule has 0 unspecified atom stereocenters. The molecule has 0 aliphatic carbocycles. The molecular weight excluding hydrogens is 334 g/mol. The zero-order chi connectivity index (χ0) is 15.8. The summed E-state index contributed by atoms with van der Waals surface area (Å²) in [4.78, 5) is 27.2. The van der Waals surface area contributed by atoms with E-state index in [4.69, 9.17) is 0 Å². The second-order valence-electron chi connectivity index (χ2n) is 5.05. The third-order valence-electron chi connectivity index (χ3n) is 2.89. The Balaban J connectivity index is 2.55. The Morgan fingerprint density at radius 1 is 1.14 bits per heavy atom. The summed E-state index contributed by atoms with van der Waals surface area (Å²) < 4.78 is 0.963. The summed E-state index contributed by atoms with van der Waals surface area (Å²) in [6, 6.07) is 7.40. The first-order chi connectivity index (χ1) is 9.92. The van der Waals surface area contributed by atoms with Crippen molar-refractivity contribution in [1.29, 1.82) is 0 Å². The van der Waals surface area contributed by atoms with E-state index < -0.39 is 0 Å². The van der Waals surface area contributed by atoms with Gasteiger partial charge in [-0.15, -0.1) is 0 Å². The molecule has 0 aliphatic rings. The smallest absolute Gasteiger partial charge is 0.238 e. The first kappa shape index (κ1) is 17.7. The molecule has 0 radical (unpaired) electrons. The average molecular weight is 356 g/mol. The van der Waals surface area contributed by atoms with E-state index in [-0.39, 0.29) is 24.9 Å². The van der Waals surface area contributed by atoms with Gasteiger partial charge >= 0.3 is 0 Å². The third-order valence-corrected chi connectivity index (χ3v) is 3.42. The number of carbonyl (C=O) groups excluding carboxylic acids is 2. The number of nitrogens with one attached hydrogen (secondary N) is 1. The highest BCUT2D eigenvalue weighted by Gasteiger charge is 2.15. The molecule has 1 rings (SSSR count). The van der Waals surface area contributed by atoms with Crippen molar-refractivity contribution in [2.24, 2.45) is 0 Å². The van der Waals surface area contributed by atoms with Crippen LogP contribution in [0.25, 0.3) is 0 Å². The van der Waals surface area contributed by atoms with Gasteiger partial charge in [0.15, 0.2) is 0 Å². The third kappa shape index (κ3) is 6.73. The molecule has 2 amide bonds. The molecular formula is C15H22BrN3O2. The van der Waals surface area contributed by atoms with Crippen LogP contribution in [0.3, 0.4) is 0 Å². The van der Waals surface area contributed by atoms with Gasteiger partial charge in [0.05, 0.1) is 13.1 Å². The van der Waals surface area contributed by atoms with Crippen LogP contribution in [0, 0.1) is 0 Å². The zero-order valence-corrected chi connectivity index (χ0v) is 14.3. The van der Waals surface area contributed by atoms with Crippen LogP contribution in [0.1, 0.15) is 13.3 Å². The van der Waals surface area contributed by atoms with Gasteiger partial charge in [-0.25, -0.2) is 0 Å². The summed E-state index contributed by atoms with van der Waals surface area (Å²) in [6.45, 7) is 3.21. The molecule has 5 nitrogen and oxygen atoms in total. The van der Waals surface area contributed by atoms with Crippen molar-refractivity contribution in [3.63, 3.8) is 0 Å². The molecule has 0 saturated heterocycles. The first-order valence-corrected chi connectivity index (χ1v) is 7.69. The van der Waals surface area contributed by atoms with Gasteiger partial charge in [-0.3, -0.25) is 14.5 Å². The maximum absolute atomic E-state index is 12.0. The number of anilines is 1. The summed E-state index contributed by atoms with van der Waals surface area (Å²) in [5.74, 6) is -0.114. The largest absolute Gasteiger partial charge is 0.348 e. The summed E-state index contributed by atoms with van der Waals surface area (Å²) >= 11 is 3.35. The first-order valence-electron chi connectivity index (χ1n) is 6.90. The molecule has 21 heavy (non-hydrogen) atoms. The van der Waals surface area contributed by atoms with Crippen molar-refractivity contribution in [3.05, 3.63) is 28.7 Å². The van der Waals surface area contributed by atoms with Gasteiger partial charge < -0.3 is 10.2 Å². The van der Waals surface area contributed by atoms with E-state index >= 15 is 0 Å². The predicted molar refractivity (Wildman–Crippen MR) is 88.2 cm³/mol. The number of hydrogen-bond donors (Lipinski definition) is 1. The minimum atomic E-state index is -0.114. The van der Waals surface area contributed by atoms with Crippen LogP contribution in [0.15, 0.2) is 28.7 Å². The van der Waals surface area contributed by atoms with E-state index in [1.54, 1.807) is 14.1 Å². The van der Waals surface area contributed by atoms with E-state index in [0.29, 0.717) is 6.54 Å². The Hall–Kier alpha value is -1.40. The SMILES string of the molecule is CCCN(CC(=O)Nc1ccc(Br)cc1)CC(=O)N(C)C. The number of amides is 2.